The number of thiocarbonyl (C=S) groups is 1. The number of benzene rings is 1. The van der Waals surface area contributed by atoms with Crippen LogP contribution >= 0.6 is 12.2 Å². The normalized spacial score (nSPS) is 9.73. The maximum atomic E-state index is 12.7. The van der Waals surface area contributed by atoms with Gasteiger partial charge in [-0.2, -0.15) is 0 Å². The molecular formula is C9H8F2N2OS. The molecule has 1 aromatic carbocycles. The molecule has 0 radical (unpaired) electrons. The summed E-state index contributed by atoms with van der Waals surface area (Å²) in [6.45, 7) is 0. The smallest absolute Gasteiger partial charge is 0.231 e. The first-order valence-corrected chi connectivity index (χ1v) is 4.42. The summed E-state index contributed by atoms with van der Waals surface area (Å²) in [6.07, 6.45) is -0.159. The Balaban J connectivity index is 2.72. The zero-order valence-corrected chi connectivity index (χ0v) is 8.41. The summed E-state index contributed by atoms with van der Waals surface area (Å²) in [5.74, 6) is -2.03. The van der Waals surface area contributed by atoms with E-state index >= 15 is 0 Å². The van der Waals surface area contributed by atoms with Gasteiger partial charge in [0.2, 0.25) is 5.91 Å². The summed E-state index contributed by atoms with van der Waals surface area (Å²) in [6, 6.07) is 2.71. The van der Waals surface area contributed by atoms with E-state index < -0.39 is 17.5 Å². The Morgan fingerprint density at radius 1 is 1.33 bits per heavy atom. The van der Waals surface area contributed by atoms with Crippen LogP contribution in [0.2, 0.25) is 0 Å². The molecule has 0 saturated carbocycles. The molecule has 0 fully saturated rings. The van der Waals surface area contributed by atoms with E-state index in [4.69, 9.17) is 5.73 Å². The Kier molecular flexibility index (Phi) is 3.68. The highest BCUT2D eigenvalue weighted by molar-refractivity contribution is 7.80. The minimum absolute atomic E-state index is 0.0179. The lowest BCUT2D eigenvalue weighted by Crippen LogP contribution is -2.20. The molecule has 0 saturated heterocycles. The second-order valence-electron chi connectivity index (χ2n) is 2.85. The van der Waals surface area contributed by atoms with E-state index in [1.54, 1.807) is 0 Å². The molecule has 3 N–H and O–H groups in total. The molecule has 0 heterocycles. The third-order valence-corrected chi connectivity index (χ3v) is 1.63. The lowest BCUT2D eigenvalue weighted by atomic mass is 10.3. The van der Waals surface area contributed by atoms with Crippen LogP contribution in [0.25, 0.3) is 0 Å². The van der Waals surface area contributed by atoms with Crippen LogP contribution in [0.15, 0.2) is 18.2 Å². The average molecular weight is 230 g/mol. The van der Waals surface area contributed by atoms with Crippen LogP contribution in [0.5, 0.6) is 0 Å². The number of amides is 1. The molecule has 3 nitrogen and oxygen atoms in total. The highest BCUT2D eigenvalue weighted by Gasteiger charge is 2.06. The number of halogens is 2. The molecule has 80 valence electrons. The zero-order chi connectivity index (χ0) is 11.4. The van der Waals surface area contributed by atoms with Crippen molar-refractivity contribution < 1.29 is 13.6 Å². The van der Waals surface area contributed by atoms with Gasteiger partial charge < -0.3 is 11.1 Å². The fourth-order valence-electron chi connectivity index (χ4n) is 0.989. The van der Waals surface area contributed by atoms with Gasteiger partial charge in [-0.05, 0) is 12.1 Å². The van der Waals surface area contributed by atoms with Gasteiger partial charge in [-0.3, -0.25) is 4.79 Å². The van der Waals surface area contributed by atoms with Crippen LogP contribution in [0.4, 0.5) is 14.5 Å². The minimum Gasteiger partial charge on any atom is -0.393 e. The molecule has 0 bridgehead atoms. The molecule has 0 atom stereocenters. The maximum absolute atomic E-state index is 12.7. The van der Waals surface area contributed by atoms with Crippen molar-refractivity contribution in [3.8, 4) is 0 Å². The van der Waals surface area contributed by atoms with Gasteiger partial charge in [0.15, 0.2) is 0 Å². The monoisotopic (exact) mass is 230 g/mol. The predicted molar refractivity (Wildman–Crippen MR) is 56.4 cm³/mol. The molecule has 0 aliphatic heterocycles. The topological polar surface area (TPSA) is 55.1 Å². The first kappa shape index (κ1) is 11.5. The third-order valence-electron chi connectivity index (χ3n) is 1.48. The van der Waals surface area contributed by atoms with Crippen LogP contribution in [0, 0.1) is 11.6 Å². The van der Waals surface area contributed by atoms with Crippen molar-refractivity contribution in [1.82, 2.24) is 0 Å². The molecule has 0 aromatic heterocycles. The van der Waals surface area contributed by atoms with Crippen LogP contribution in [0.1, 0.15) is 6.42 Å². The van der Waals surface area contributed by atoms with Crippen LogP contribution in [-0.4, -0.2) is 10.9 Å². The highest BCUT2D eigenvalue weighted by atomic mass is 32.1. The number of hydrogen-bond acceptors (Lipinski definition) is 2. The van der Waals surface area contributed by atoms with Gasteiger partial charge in [-0.25, -0.2) is 8.78 Å². The Bertz CT molecular complexity index is 389. The second-order valence-corrected chi connectivity index (χ2v) is 3.37. The standard InChI is InChI=1S/C9H8F2N2OS/c10-5-1-6(11)3-7(2-5)13-9(14)4-8(12)15/h1-3H,4H2,(H2,12,15)(H,13,14). The predicted octanol–water partition coefficient (Wildman–Crippen LogP) is 1.58. The Morgan fingerprint density at radius 3 is 2.33 bits per heavy atom. The number of rotatable bonds is 3. The third kappa shape index (κ3) is 3.99. The average Bonchev–Trinajstić information content (AvgIpc) is 1.98. The van der Waals surface area contributed by atoms with Gasteiger partial charge in [-0.15, -0.1) is 0 Å². The van der Waals surface area contributed by atoms with Crippen molar-refractivity contribution in [1.29, 1.82) is 0 Å². The zero-order valence-electron chi connectivity index (χ0n) is 7.59. The first-order chi connectivity index (χ1) is 6.97. The second kappa shape index (κ2) is 4.79. The van der Waals surface area contributed by atoms with Crippen LogP contribution in [0.3, 0.4) is 0 Å². The maximum Gasteiger partial charge on any atom is 0.231 e. The van der Waals surface area contributed by atoms with Gasteiger partial charge in [0.1, 0.15) is 11.6 Å². The van der Waals surface area contributed by atoms with Gasteiger partial charge >= 0.3 is 0 Å². The quantitative estimate of drug-likeness (QED) is 0.775. The summed E-state index contributed by atoms with van der Waals surface area (Å²) >= 11 is 4.51. The Morgan fingerprint density at radius 2 is 1.87 bits per heavy atom. The van der Waals surface area contributed by atoms with Gasteiger partial charge in [0.25, 0.3) is 0 Å². The number of nitrogens with one attached hydrogen (secondary N) is 1. The Labute approximate surface area is 90.3 Å². The summed E-state index contributed by atoms with van der Waals surface area (Å²) in [5, 5.41) is 2.27. The van der Waals surface area contributed by atoms with Gasteiger partial charge in [0, 0.05) is 11.8 Å². The van der Waals surface area contributed by atoms with E-state index in [0.29, 0.717) is 6.07 Å². The molecule has 1 amide bonds. The van der Waals surface area contributed by atoms with Gasteiger partial charge in [0.05, 0.1) is 11.4 Å². The lowest BCUT2D eigenvalue weighted by molar-refractivity contribution is -0.115. The van der Waals surface area contributed by atoms with Crippen molar-refractivity contribution in [2.45, 2.75) is 6.42 Å². The van der Waals surface area contributed by atoms with Gasteiger partial charge in [-0.1, -0.05) is 12.2 Å². The lowest BCUT2D eigenvalue weighted by Gasteiger charge is -2.04. The van der Waals surface area contributed by atoms with E-state index in [9.17, 15) is 13.6 Å². The summed E-state index contributed by atoms with van der Waals surface area (Å²) < 4.78 is 25.4. The summed E-state index contributed by atoms with van der Waals surface area (Å²) in [5.41, 5.74) is 5.17. The van der Waals surface area contributed by atoms with Crippen LogP contribution in [-0.2, 0) is 4.79 Å². The molecule has 0 aliphatic rings. The molecule has 1 rings (SSSR count). The number of carbonyl (C=O) groups excluding carboxylic acids is 1. The van der Waals surface area contributed by atoms with Crippen LogP contribution < -0.4 is 11.1 Å². The minimum atomic E-state index is -0.763. The van der Waals surface area contributed by atoms with Crippen molar-refractivity contribution >= 4 is 28.8 Å². The van der Waals surface area contributed by atoms with Crippen molar-refractivity contribution in [3.63, 3.8) is 0 Å². The molecule has 0 spiro atoms. The van der Waals surface area contributed by atoms with E-state index in [1.807, 2.05) is 0 Å². The first-order valence-electron chi connectivity index (χ1n) is 4.01. The largest absolute Gasteiger partial charge is 0.393 e. The number of nitrogens with two attached hydrogens (primary N) is 1. The van der Waals surface area contributed by atoms with Crippen molar-refractivity contribution in [3.05, 3.63) is 29.8 Å². The summed E-state index contributed by atoms with van der Waals surface area (Å²) in [7, 11) is 0. The van der Waals surface area contributed by atoms with Crippen molar-refractivity contribution in [2.24, 2.45) is 5.73 Å². The number of carbonyl (C=O) groups is 1. The van der Waals surface area contributed by atoms with E-state index in [0.717, 1.165) is 12.1 Å². The molecule has 0 unspecified atom stereocenters. The molecular weight excluding hydrogens is 222 g/mol. The fraction of sp³-hybridized carbons (Fsp3) is 0.111. The summed E-state index contributed by atoms with van der Waals surface area (Å²) in [4.78, 5) is 11.1. The molecule has 6 heteroatoms. The van der Waals surface area contributed by atoms with E-state index in [2.05, 4.69) is 17.5 Å². The molecule has 0 aliphatic carbocycles. The molecule has 15 heavy (non-hydrogen) atoms. The van der Waals surface area contributed by atoms with Crippen molar-refractivity contribution in [2.75, 3.05) is 5.32 Å². The highest BCUT2D eigenvalue weighted by Crippen LogP contribution is 2.12. The molecule has 1 aromatic rings. The number of hydrogen-bond donors (Lipinski definition) is 2. The van der Waals surface area contributed by atoms with E-state index in [1.165, 1.54) is 0 Å². The van der Waals surface area contributed by atoms with E-state index in [-0.39, 0.29) is 17.1 Å². The Hall–Kier alpha value is -1.56. The SMILES string of the molecule is NC(=S)CC(=O)Nc1cc(F)cc(F)c1. The fourth-order valence-corrected chi connectivity index (χ4v) is 1.12. The number of anilines is 1.